The summed E-state index contributed by atoms with van der Waals surface area (Å²) in [4.78, 5) is 50.3. The molecule has 2 saturated heterocycles. The number of nitrogens with zero attached hydrogens (tertiary/aromatic N) is 6. The summed E-state index contributed by atoms with van der Waals surface area (Å²) >= 11 is 0. The Morgan fingerprint density at radius 2 is 1.87 bits per heavy atom. The van der Waals surface area contributed by atoms with E-state index >= 15 is 8.78 Å². The molecule has 0 bridgehead atoms. The summed E-state index contributed by atoms with van der Waals surface area (Å²) in [5, 5.41) is 3.14. The van der Waals surface area contributed by atoms with Crippen LogP contribution in [-0.4, -0.2) is 82.4 Å². The van der Waals surface area contributed by atoms with E-state index in [0.717, 1.165) is 57.1 Å². The number of nitrogens with one attached hydrogen (secondary N) is 1. The third-order valence-electron chi connectivity index (χ3n) is 11.0. The van der Waals surface area contributed by atoms with Gasteiger partial charge in [0.2, 0.25) is 0 Å². The molecule has 4 aliphatic rings. The fourth-order valence-electron chi connectivity index (χ4n) is 8.23. The normalized spacial score (nSPS) is 19.1. The van der Waals surface area contributed by atoms with Gasteiger partial charge in [-0.3, -0.25) is 19.3 Å². The molecule has 1 aromatic carbocycles. The van der Waals surface area contributed by atoms with Gasteiger partial charge >= 0.3 is 5.97 Å². The van der Waals surface area contributed by atoms with Crippen LogP contribution in [0.2, 0.25) is 0 Å². The predicted molar refractivity (Wildman–Crippen MR) is 196 cm³/mol. The van der Waals surface area contributed by atoms with Crippen LogP contribution in [0.15, 0.2) is 47.5 Å². The molecule has 8 rings (SSSR count). The van der Waals surface area contributed by atoms with E-state index in [-0.39, 0.29) is 35.8 Å². The Hall–Kier alpha value is -5.08. The zero-order valence-corrected chi connectivity index (χ0v) is 30.2. The molecule has 0 spiro atoms. The Labute approximate surface area is 305 Å². The number of benzene rings is 1. The van der Waals surface area contributed by atoms with Gasteiger partial charge in [0.15, 0.2) is 5.82 Å². The van der Waals surface area contributed by atoms with Gasteiger partial charge in [0.1, 0.15) is 29.6 Å². The van der Waals surface area contributed by atoms with E-state index in [2.05, 4.69) is 27.0 Å². The first-order chi connectivity index (χ1) is 25.6. The van der Waals surface area contributed by atoms with E-state index in [1.165, 1.54) is 28.5 Å². The average molecular weight is 728 g/mol. The number of ether oxygens (including phenoxy) is 2. The summed E-state index contributed by atoms with van der Waals surface area (Å²) < 4.78 is 45.3. The van der Waals surface area contributed by atoms with Crippen molar-refractivity contribution in [1.82, 2.24) is 19.0 Å². The molecule has 14 heteroatoms. The number of aromatic nitrogens is 3. The number of esters is 1. The SMILES string of the molecule is CC(=O)OCc1c(-c2cc(Nc3ccc(N4CCN(C5COC5)CC4C)cn3)c(=O)n(C)c2)cc(F)cc1N1CCn2c3c(c(F)c2C1=O)CCCC3. The Morgan fingerprint density at radius 1 is 1.06 bits per heavy atom. The lowest BCUT2D eigenvalue weighted by Gasteiger charge is -2.46. The van der Waals surface area contributed by atoms with Gasteiger partial charge < -0.3 is 33.7 Å². The molecule has 1 unspecified atom stereocenters. The molecule has 1 atom stereocenters. The highest BCUT2D eigenvalue weighted by Crippen LogP contribution is 2.38. The van der Waals surface area contributed by atoms with Gasteiger partial charge in [-0.1, -0.05) is 0 Å². The van der Waals surface area contributed by atoms with E-state index in [4.69, 9.17) is 9.47 Å². The second-order valence-electron chi connectivity index (χ2n) is 14.4. The van der Waals surface area contributed by atoms with Gasteiger partial charge in [0.25, 0.3) is 11.5 Å². The first-order valence-electron chi connectivity index (χ1n) is 18.3. The Kier molecular flexibility index (Phi) is 9.27. The fraction of sp³-hybridized carbons (Fsp3) is 0.436. The van der Waals surface area contributed by atoms with Crippen LogP contribution in [0, 0.1) is 11.6 Å². The van der Waals surface area contributed by atoms with Crippen LogP contribution in [0.5, 0.6) is 0 Å². The first kappa shape index (κ1) is 35.0. The summed E-state index contributed by atoms with van der Waals surface area (Å²) in [6.45, 7) is 8.04. The number of halogens is 2. The second-order valence-corrected chi connectivity index (χ2v) is 14.4. The lowest BCUT2D eigenvalue weighted by molar-refractivity contribution is -0.142. The van der Waals surface area contributed by atoms with Crippen molar-refractivity contribution in [3.05, 3.63) is 87.2 Å². The van der Waals surface area contributed by atoms with Crippen molar-refractivity contribution < 1.29 is 27.8 Å². The number of anilines is 4. The van der Waals surface area contributed by atoms with Crippen molar-refractivity contribution in [3.63, 3.8) is 0 Å². The summed E-state index contributed by atoms with van der Waals surface area (Å²) in [6, 6.07) is 8.68. The van der Waals surface area contributed by atoms with Crippen molar-refractivity contribution in [2.24, 2.45) is 7.05 Å². The molecule has 6 heterocycles. The first-order valence-corrected chi connectivity index (χ1v) is 18.3. The van der Waals surface area contributed by atoms with E-state index < -0.39 is 23.5 Å². The fourth-order valence-corrected chi connectivity index (χ4v) is 8.23. The highest BCUT2D eigenvalue weighted by molar-refractivity contribution is 6.07. The maximum atomic E-state index is 15.7. The number of amides is 1. The number of aryl methyl sites for hydroxylation is 1. The van der Waals surface area contributed by atoms with Crippen LogP contribution in [0.4, 0.5) is 31.7 Å². The molecule has 2 fully saturated rings. The molecule has 0 radical (unpaired) electrons. The standard InChI is InChI=1S/C39H43F2N7O5/c1-23-18-45(28-20-52-21-28)10-11-46(23)27-8-9-35(42-17-27)43-32-14-25(19-44(3)38(32)50)30-15-26(40)16-34(31(30)22-53-24(2)49)48-13-12-47-33-7-5-4-6-29(33)36(41)37(47)39(48)51/h8-9,14-17,19,23,28H,4-7,10-13,18,20-22H2,1-3H3,(H,42,43). The van der Waals surface area contributed by atoms with E-state index in [0.29, 0.717) is 59.5 Å². The van der Waals surface area contributed by atoms with Crippen LogP contribution < -0.4 is 20.7 Å². The van der Waals surface area contributed by atoms with Crippen LogP contribution in [0.3, 0.4) is 0 Å². The minimum absolute atomic E-state index is 0.0278. The summed E-state index contributed by atoms with van der Waals surface area (Å²) in [6.07, 6.45) is 6.42. The van der Waals surface area contributed by atoms with Crippen LogP contribution in [-0.2, 0) is 47.3 Å². The quantitative estimate of drug-likeness (QED) is 0.256. The molecule has 0 saturated carbocycles. The van der Waals surface area contributed by atoms with Crippen LogP contribution in [0.1, 0.15) is 54.0 Å². The van der Waals surface area contributed by atoms with Crippen molar-refractivity contribution in [1.29, 1.82) is 0 Å². The number of carbonyl (C=O) groups is 2. The van der Waals surface area contributed by atoms with Crippen molar-refractivity contribution in [3.8, 4) is 11.1 Å². The maximum Gasteiger partial charge on any atom is 0.302 e. The molecule has 4 aromatic rings. The van der Waals surface area contributed by atoms with Gasteiger partial charge in [0, 0.05) is 81.3 Å². The number of piperazine rings is 1. The van der Waals surface area contributed by atoms with E-state index in [1.807, 2.05) is 12.1 Å². The summed E-state index contributed by atoms with van der Waals surface area (Å²) in [7, 11) is 1.59. The minimum Gasteiger partial charge on any atom is -0.461 e. The number of carbonyl (C=O) groups excluding carboxylic acids is 2. The Bertz CT molecular complexity index is 2150. The van der Waals surface area contributed by atoms with E-state index in [9.17, 15) is 14.4 Å². The number of rotatable bonds is 8. The number of hydrogen-bond acceptors (Lipinski definition) is 9. The minimum atomic E-state index is -0.646. The van der Waals surface area contributed by atoms with Crippen molar-refractivity contribution >= 4 is 34.8 Å². The molecule has 1 N–H and O–H groups in total. The van der Waals surface area contributed by atoms with Gasteiger partial charge in [-0.15, -0.1) is 0 Å². The second kappa shape index (κ2) is 14.0. The number of pyridine rings is 2. The Morgan fingerprint density at radius 3 is 2.58 bits per heavy atom. The monoisotopic (exact) mass is 727 g/mol. The summed E-state index contributed by atoms with van der Waals surface area (Å²) in [5.41, 5.74) is 3.54. The van der Waals surface area contributed by atoms with Crippen LogP contribution >= 0.6 is 0 Å². The third kappa shape index (κ3) is 6.48. The molecular formula is C39H43F2N7O5. The zero-order chi connectivity index (χ0) is 37.0. The van der Waals surface area contributed by atoms with Crippen LogP contribution in [0.25, 0.3) is 11.1 Å². The largest absolute Gasteiger partial charge is 0.461 e. The highest BCUT2D eigenvalue weighted by atomic mass is 19.1. The number of hydrogen-bond donors (Lipinski definition) is 1. The predicted octanol–water partition coefficient (Wildman–Crippen LogP) is 4.78. The maximum absolute atomic E-state index is 15.7. The van der Waals surface area contributed by atoms with Gasteiger partial charge in [-0.25, -0.2) is 13.8 Å². The molecule has 1 amide bonds. The molecule has 1 aliphatic carbocycles. The number of fused-ring (bicyclic) bond motifs is 3. The smallest absolute Gasteiger partial charge is 0.302 e. The van der Waals surface area contributed by atoms with Crippen molar-refractivity contribution in [2.75, 3.05) is 54.5 Å². The van der Waals surface area contributed by atoms with E-state index in [1.54, 1.807) is 30.1 Å². The van der Waals surface area contributed by atoms with Gasteiger partial charge in [-0.2, -0.15) is 0 Å². The third-order valence-corrected chi connectivity index (χ3v) is 11.0. The summed E-state index contributed by atoms with van der Waals surface area (Å²) in [5.74, 6) is -1.85. The lowest BCUT2D eigenvalue weighted by Crippen LogP contribution is -2.59. The Balaban J connectivity index is 1.10. The molecule has 3 aliphatic heterocycles. The van der Waals surface area contributed by atoms with Gasteiger partial charge in [-0.05, 0) is 68.5 Å². The molecule has 12 nitrogen and oxygen atoms in total. The topological polar surface area (TPSA) is 114 Å². The molecular weight excluding hydrogens is 684 g/mol. The van der Waals surface area contributed by atoms with Gasteiger partial charge in [0.05, 0.1) is 36.8 Å². The highest BCUT2D eigenvalue weighted by Gasteiger charge is 2.37. The lowest BCUT2D eigenvalue weighted by atomic mass is 9.97. The molecule has 3 aromatic heterocycles. The van der Waals surface area contributed by atoms with Crippen molar-refractivity contribution in [2.45, 2.75) is 64.8 Å². The molecule has 53 heavy (non-hydrogen) atoms. The molecule has 278 valence electrons. The average Bonchev–Trinajstić information content (AvgIpc) is 3.41. The zero-order valence-electron chi connectivity index (χ0n) is 30.2.